The third-order valence-electron chi connectivity index (χ3n) is 2.42. The summed E-state index contributed by atoms with van der Waals surface area (Å²) in [7, 11) is -4.51. The van der Waals surface area contributed by atoms with Crippen molar-refractivity contribution in [2.75, 3.05) is 5.01 Å². The van der Waals surface area contributed by atoms with Gasteiger partial charge in [0, 0.05) is 5.02 Å². The fraction of sp³-hybridized carbons (Fsp3) is 0.100. The molecule has 2 rings (SSSR count). The molecule has 1 amide bonds. The van der Waals surface area contributed by atoms with E-state index in [0.717, 1.165) is 17.1 Å². The summed E-state index contributed by atoms with van der Waals surface area (Å²) in [6, 6.07) is 3.18. The highest BCUT2D eigenvalue weighted by atomic mass is 35.5. The quantitative estimate of drug-likeness (QED) is 0.793. The molecule has 0 bridgehead atoms. The molecule has 0 unspecified atom stereocenters. The Balaban J connectivity index is 2.51. The summed E-state index contributed by atoms with van der Waals surface area (Å²) in [5.74, 6) is -2.00. The monoisotopic (exact) mass is 318 g/mol. The predicted molar refractivity (Wildman–Crippen MR) is 68.4 cm³/mol. The van der Waals surface area contributed by atoms with E-state index in [2.05, 4.69) is 5.10 Å². The van der Waals surface area contributed by atoms with Gasteiger partial charge >= 0.3 is 5.97 Å². The van der Waals surface area contributed by atoms with Crippen LogP contribution in [-0.2, 0) is 19.7 Å². The van der Waals surface area contributed by atoms with Gasteiger partial charge in [-0.25, -0.2) is 4.79 Å². The van der Waals surface area contributed by atoms with E-state index in [1.807, 2.05) is 0 Å². The number of hydrogen-bond donors (Lipinski definition) is 2. The lowest BCUT2D eigenvalue weighted by atomic mass is 10.2. The van der Waals surface area contributed by atoms with Gasteiger partial charge in [0.1, 0.15) is 0 Å². The molecule has 20 heavy (non-hydrogen) atoms. The first-order chi connectivity index (χ1) is 9.18. The number of anilines is 1. The van der Waals surface area contributed by atoms with Crippen molar-refractivity contribution < 1.29 is 27.7 Å². The zero-order valence-corrected chi connectivity index (χ0v) is 11.2. The predicted octanol–water partition coefficient (Wildman–Crippen LogP) is 0.764. The third-order valence-corrected chi connectivity index (χ3v) is 3.47. The Bertz CT molecular complexity index is 742. The zero-order chi connectivity index (χ0) is 15.1. The Labute approximate surface area is 118 Å². The van der Waals surface area contributed by atoms with E-state index in [0.29, 0.717) is 0 Å². The summed E-state index contributed by atoms with van der Waals surface area (Å²) >= 11 is 5.70. The second-order valence-electron chi connectivity index (χ2n) is 3.85. The smallest absolute Gasteiger partial charge is 0.352 e. The molecule has 0 radical (unpaired) electrons. The highest BCUT2D eigenvalue weighted by Gasteiger charge is 2.30. The number of hydrazone groups is 1. The fourth-order valence-electron chi connectivity index (χ4n) is 1.57. The van der Waals surface area contributed by atoms with Gasteiger partial charge in [-0.15, -0.1) is 0 Å². The van der Waals surface area contributed by atoms with Gasteiger partial charge in [-0.1, -0.05) is 11.6 Å². The molecular formula is C10H7ClN2O6S. The van der Waals surface area contributed by atoms with E-state index in [1.54, 1.807) is 0 Å². The molecule has 1 heterocycles. The molecule has 10 heteroatoms. The Morgan fingerprint density at radius 3 is 2.50 bits per heavy atom. The van der Waals surface area contributed by atoms with Gasteiger partial charge in [-0.2, -0.15) is 18.5 Å². The number of amides is 1. The highest BCUT2D eigenvalue weighted by Crippen LogP contribution is 2.27. The van der Waals surface area contributed by atoms with Gasteiger partial charge in [0.15, 0.2) is 5.71 Å². The van der Waals surface area contributed by atoms with Crippen molar-refractivity contribution in [1.29, 1.82) is 0 Å². The number of halogens is 1. The molecule has 0 spiro atoms. The maximum absolute atomic E-state index is 11.7. The van der Waals surface area contributed by atoms with E-state index in [4.69, 9.17) is 21.3 Å². The number of carboxylic acid groups (broad SMARTS) is 1. The topological polar surface area (TPSA) is 124 Å². The summed E-state index contributed by atoms with van der Waals surface area (Å²) in [5.41, 5.74) is -0.422. The second kappa shape index (κ2) is 4.85. The van der Waals surface area contributed by atoms with Crippen LogP contribution in [0.3, 0.4) is 0 Å². The molecule has 8 nitrogen and oxygen atoms in total. The van der Waals surface area contributed by atoms with Crippen molar-refractivity contribution in [3.63, 3.8) is 0 Å². The molecular weight excluding hydrogens is 312 g/mol. The largest absolute Gasteiger partial charge is 0.477 e. The highest BCUT2D eigenvalue weighted by molar-refractivity contribution is 7.85. The number of hydrogen-bond acceptors (Lipinski definition) is 5. The molecule has 106 valence electrons. The molecule has 0 saturated heterocycles. The van der Waals surface area contributed by atoms with E-state index in [1.165, 1.54) is 6.07 Å². The van der Waals surface area contributed by atoms with Crippen molar-refractivity contribution >= 4 is 45.0 Å². The summed E-state index contributed by atoms with van der Waals surface area (Å²) in [5, 5.41) is 13.0. The van der Waals surface area contributed by atoms with Crippen LogP contribution in [0.15, 0.2) is 28.2 Å². The van der Waals surface area contributed by atoms with Crippen LogP contribution in [0.25, 0.3) is 0 Å². The van der Waals surface area contributed by atoms with Crippen LogP contribution in [0.2, 0.25) is 5.02 Å². The van der Waals surface area contributed by atoms with Gasteiger partial charge in [0.25, 0.3) is 16.0 Å². The molecule has 1 aromatic rings. The summed E-state index contributed by atoms with van der Waals surface area (Å²) in [6.07, 6.45) is -0.414. The number of rotatable bonds is 3. The molecule has 1 aliphatic heterocycles. The molecule has 1 aromatic carbocycles. The van der Waals surface area contributed by atoms with Crippen molar-refractivity contribution in [3.8, 4) is 0 Å². The number of nitrogens with zero attached hydrogens (tertiary/aromatic N) is 2. The first kappa shape index (κ1) is 14.4. The second-order valence-corrected chi connectivity index (χ2v) is 5.71. The van der Waals surface area contributed by atoms with Crippen LogP contribution in [0.4, 0.5) is 5.69 Å². The lowest BCUT2D eigenvalue weighted by Gasteiger charge is -2.12. The van der Waals surface area contributed by atoms with Crippen LogP contribution in [0.5, 0.6) is 0 Å². The van der Waals surface area contributed by atoms with Gasteiger partial charge in [0.2, 0.25) is 0 Å². The minimum absolute atomic E-state index is 0.0497. The maximum atomic E-state index is 11.7. The summed E-state index contributed by atoms with van der Waals surface area (Å²) in [4.78, 5) is 21.9. The number of carboxylic acids is 1. The van der Waals surface area contributed by atoms with Crippen LogP contribution in [-0.4, -0.2) is 35.7 Å². The van der Waals surface area contributed by atoms with Gasteiger partial charge < -0.3 is 5.11 Å². The van der Waals surface area contributed by atoms with Crippen molar-refractivity contribution in [2.24, 2.45) is 5.10 Å². The van der Waals surface area contributed by atoms with Crippen molar-refractivity contribution in [1.82, 2.24) is 0 Å². The van der Waals surface area contributed by atoms with E-state index in [-0.39, 0.29) is 16.4 Å². The Hall–Kier alpha value is -1.97. The standard InChI is InChI=1S/C10H7ClN2O6S/c11-5-1-6(3-7(2-5)20(17,18)19)13-9(14)4-8(12-13)10(15)16/h1-3H,4H2,(H,15,16)(H,17,18,19). The van der Waals surface area contributed by atoms with Gasteiger partial charge in [-0.3, -0.25) is 9.35 Å². The molecule has 0 aliphatic carbocycles. The lowest BCUT2D eigenvalue weighted by Crippen LogP contribution is -2.20. The minimum atomic E-state index is -4.51. The van der Waals surface area contributed by atoms with Crippen LogP contribution in [0.1, 0.15) is 6.42 Å². The zero-order valence-electron chi connectivity index (χ0n) is 9.65. The first-order valence-corrected chi connectivity index (χ1v) is 6.92. The van der Waals surface area contributed by atoms with Crippen LogP contribution < -0.4 is 5.01 Å². The third kappa shape index (κ3) is 2.79. The molecule has 0 fully saturated rings. The van der Waals surface area contributed by atoms with Crippen LogP contribution in [0, 0.1) is 0 Å². The van der Waals surface area contributed by atoms with E-state index >= 15 is 0 Å². The Morgan fingerprint density at radius 2 is 2.00 bits per heavy atom. The van der Waals surface area contributed by atoms with Gasteiger partial charge in [-0.05, 0) is 18.2 Å². The van der Waals surface area contributed by atoms with E-state index < -0.39 is 33.3 Å². The molecule has 1 aliphatic rings. The van der Waals surface area contributed by atoms with Crippen molar-refractivity contribution in [2.45, 2.75) is 11.3 Å². The lowest BCUT2D eigenvalue weighted by molar-refractivity contribution is -0.129. The average molecular weight is 319 g/mol. The van der Waals surface area contributed by atoms with Gasteiger partial charge in [0.05, 0.1) is 17.0 Å². The summed E-state index contributed by atoms with van der Waals surface area (Å²) in [6.45, 7) is 0. The van der Waals surface area contributed by atoms with Crippen molar-refractivity contribution in [3.05, 3.63) is 23.2 Å². The number of aliphatic carboxylic acids is 1. The van der Waals surface area contributed by atoms with Crippen LogP contribution >= 0.6 is 11.6 Å². The molecule has 0 atom stereocenters. The van der Waals surface area contributed by atoms with E-state index in [9.17, 15) is 18.0 Å². The number of benzene rings is 1. The molecule has 2 N–H and O–H groups in total. The normalized spacial score (nSPS) is 15.4. The average Bonchev–Trinajstić information content (AvgIpc) is 2.69. The number of carbonyl (C=O) groups excluding carboxylic acids is 1. The Morgan fingerprint density at radius 1 is 1.35 bits per heavy atom. The SMILES string of the molecule is O=C(O)C1=NN(c2cc(Cl)cc(S(=O)(=O)O)c2)C(=O)C1. The maximum Gasteiger partial charge on any atom is 0.352 e. The molecule has 0 aromatic heterocycles. The summed E-state index contributed by atoms with van der Waals surface area (Å²) < 4.78 is 31.1. The first-order valence-electron chi connectivity index (χ1n) is 5.10. The Kier molecular flexibility index (Phi) is 3.50. The number of carbonyl (C=O) groups is 2. The fourth-order valence-corrected chi connectivity index (χ4v) is 2.41. The molecule has 0 saturated carbocycles. The minimum Gasteiger partial charge on any atom is -0.477 e.